The van der Waals surface area contributed by atoms with E-state index in [1.807, 2.05) is 24.3 Å². The molecule has 5 nitrogen and oxygen atoms in total. The number of rotatable bonds is 7. The Balaban J connectivity index is 1.89. The Hall–Kier alpha value is -1.56. The molecule has 1 aromatic heterocycles. The Labute approximate surface area is 119 Å². The average molecular weight is 275 g/mol. The number of aromatic nitrogens is 2. The average Bonchev–Trinajstić information content (AvgIpc) is 2.45. The van der Waals surface area contributed by atoms with Crippen LogP contribution >= 0.6 is 0 Å². The lowest BCUT2D eigenvalue weighted by Gasteiger charge is -2.23. The molecule has 0 radical (unpaired) electrons. The van der Waals surface area contributed by atoms with Gasteiger partial charge in [0.15, 0.2) is 0 Å². The summed E-state index contributed by atoms with van der Waals surface area (Å²) in [5.41, 5.74) is 1.87. The van der Waals surface area contributed by atoms with Gasteiger partial charge in [0.1, 0.15) is 0 Å². The molecule has 0 aliphatic carbocycles. The largest absolute Gasteiger partial charge is 0.389 e. The van der Waals surface area contributed by atoms with E-state index in [1.54, 1.807) is 20.2 Å². The molecule has 1 unspecified atom stereocenters. The fourth-order valence-electron chi connectivity index (χ4n) is 1.95. The monoisotopic (exact) mass is 275 g/mol. The van der Waals surface area contributed by atoms with Crippen molar-refractivity contribution < 1.29 is 9.84 Å². The zero-order valence-corrected chi connectivity index (χ0v) is 12.0. The van der Waals surface area contributed by atoms with Crippen molar-refractivity contribution in [1.29, 1.82) is 0 Å². The molecule has 0 saturated carbocycles. The van der Waals surface area contributed by atoms with Gasteiger partial charge in [0.05, 0.1) is 28.5 Å². The predicted octanol–water partition coefficient (Wildman–Crippen LogP) is 1.51. The van der Waals surface area contributed by atoms with Crippen molar-refractivity contribution in [1.82, 2.24) is 15.3 Å². The van der Waals surface area contributed by atoms with Crippen LogP contribution in [0.5, 0.6) is 0 Å². The number of nitrogens with one attached hydrogen (secondary N) is 1. The normalized spacial score (nSPS) is 14.3. The molecule has 2 rings (SSSR count). The van der Waals surface area contributed by atoms with Gasteiger partial charge < -0.3 is 15.2 Å². The number of para-hydroxylation sites is 2. The second-order valence-corrected chi connectivity index (χ2v) is 5.19. The molecule has 1 heterocycles. The third-order valence-electron chi connectivity index (χ3n) is 3.16. The fourth-order valence-corrected chi connectivity index (χ4v) is 1.95. The lowest BCUT2D eigenvalue weighted by molar-refractivity contribution is 0.0247. The quantitative estimate of drug-likeness (QED) is 0.801. The minimum atomic E-state index is -0.777. The first-order valence-corrected chi connectivity index (χ1v) is 6.73. The standard InChI is InChI=1S/C15H21N3O2/c1-15(19,7-8-20-2)11-16-9-12-10-17-13-5-3-4-6-14(13)18-12/h3-6,10,16,19H,7-9,11H2,1-2H3. The maximum absolute atomic E-state index is 10.1. The summed E-state index contributed by atoms with van der Waals surface area (Å²) < 4.78 is 4.98. The fraction of sp³-hybridized carbons (Fsp3) is 0.467. The summed E-state index contributed by atoms with van der Waals surface area (Å²) in [5.74, 6) is 0. The number of aliphatic hydroxyl groups is 1. The summed E-state index contributed by atoms with van der Waals surface area (Å²) in [6.07, 6.45) is 2.36. The first-order chi connectivity index (χ1) is 9.61. The molecule has 0 bridgehead atoms. The van der Waals surface area contributed by atoms with Gasteiger partial charge in [0, 0.05) is 33.2 Å². The van der Waals surface area contributed by atoms with Crippen molar-refractivity contribution in [2.24, 2.45) is 0 Å². The van der Waals surface area contributed by atoms with Crippen molar-refractivity contribution >= 4 is 11.0 Å². The van der Waals surface area contributed by atoms with Crippen molar-refractivity contribution in [2.75, 3.05) is 20.3 Å². The number of nitrogens with zero attached hydrogens (tertiary/aromatic N) is 2. The SMILES string of the molecule is COCCC(C)(O)CNCc1cnc2ccccc2n1. The summed E-state index contributed by atoms with van der Waals surface area (Å²) in [6.45, 7) is 3.42. The molecule has 0 fully saturated rings. The summed E-state index contributed by atoms with van der Waals surface area (Å²) >= 11 is 0. The highest BCUT2D eigenvalue weighted by Gasteiger charge is 2.19. The van der Waals surface area contributed by atoms with Crippen molar-refractivity contribution in [3.8, 4) is 0 Å². The molecule has 108 valence electrons. The van der Waals surface area contributed by atoms with Crippen LogP contribution in [0.2, 0.25) is 0 Å². The van der Waals surface area contributed by atoms with Crippen molar-refractivity contribution in [2.45, 2.75) is 25.5 Å². The van der Waals surface area contributed by atoms with Gasteiger partial charge in [0.25, 0.3) is 0 Å². The van der Waals surface area contributed by atoms with Gasteiger partial charge in [-0.2, -0.15) is 0 Å². The topological polar surface area (TPSA) is 67.3 Å². The number of hydrogen-bond acceptors (Lipinski definition) is 5. The van der Waals surface area contributed by atoms with Crippen LogP contribution in [0.4, 0.5) is 0 Å². The van der Waals surface area contributed by atoms with E-state index >= 15 is 0 Å². The van der Waals surface area contributed by atoms with E-state index in [2.05, 4.69) is 15.3 Å². The van der Waals surface area contributed by atoms with Crippen LogP contribution in [0.15, 0.2) is 30.5 Å². The minimum Gasteiger partial charge on any atom is -0.389 e. The molecule has 2 N–H and O–H groups in total. The second-order valence-electron chi connectivity index (χ2n) is 5.19. The molecule has 1 atom stereocenters. The van der Waals surface area contributed by atoms with Gasteiger partial charge in [-0.1, -0.05) is 12.1 Å². The summed E-state index contributed by atoms with van der Waals surface area (Å²) in [6, 6.07) is 7.78. The summed E-state index contributed by atoms with van der Waals surface area (Å²) in [4.78, 5) is 8.89. The predicted molar refractivity (Wildman–Crippen MR) is 78.4 cm³/mol. The van der Waals surface area contributed by atoms with Crippen LogP contribution in [-0.4, -0.2) is 40.9 Å². The van der Waals surface area contributed by atoms with E-state index in [0.29, 0.717) is 26.1 Å². The molecule has 20 heavy (non-hydrogen) atoms. The minimum absolute atomic E-state index is 0.491. The van der Waals surface area contributed by atoms with Gasteiger partial charge in [-0.05, 0) is 19.1 Å². The summed E-state index contributed by atoms with van der Waals surface area (Å²) in [7, 11) is 1.63. The van der Waals surface area contributed by atoms with Crippen LogP contribution in [0.1, 0.15) is 19.0 Å². The van der Waals surface area contributed by atoms with Crippen molar-refractivity contribution in [3.63, 3.8) is 0 Å². The van der Waals surface area contributed by atoms with E-state index in [0.717, 1.165) is 16.7 Å². The lowest BCUT2D eigenvalue weighted by Crippen LogP contribution is -2.38. The van der Waals surface area contributed by atoms with E-state index in [1.165, 1.54) is 0 Å². The second kappa shape index (κ2) is 6.74. The van der Waals surface area contributed by atoms with E-state index in [-0.39, 0.29) is 0 Å². The van der Waals surface area contributed by atoms with Gasteiger partial charge in [-0.3, -0.25) is 4.98 Å². The van der Waals surface area contributed by atoms with Crippen LogP contribution in [0.25, 0.3) is 11.0 Å². The number of benzene rings is 1. The van der Waals surface area contributed by atoms with Gasteiger partial charge >= 0.3 is 0 Å². The molecule has 0 saturated heterocycles. The Morgan fingerprint density at radius 2 is 2.05 bits per heavy atom. The highest BCUT2D eigenvalue weighted by atomic mass is 16.5. The van der Waals surface area contributed by atoms with E-state index in [9.17, 15) is 5.11 Å². The summed E-state index contributed by atoms with van der Waals surface area (Å²) in [5, 5.41) is 13.3. The van der Waals surface area contributed by atoms with Crippen LogP contribution in [-0.2, 0) is 11.3 Å². The highest BCUT2D eigenvalue weighted by molar-refractivity contribution is 5.73. The third kappa shape index (κ3) is 4.23. The van der Waals surface area contributed by atoms with Gasteiger partial charge in [-0.15, -0.1) is 0 Å². The molecular formula is C15H21N3O2. The molecule has 2 aromatic rings. The number of methoxy groups -OCH3 is 1. The number of ether oxygens (including phenoxy) is 1. The molecule has 0 aliphatic heterocycles. The van der Waals surface area contributed by atoms with E-state index < -0.39 is 5.60 Å². The Kier molecular flexibility index (Phi) is 5.00. The smallest absolute Gasteiger partial charge is 0.0890 e. The first-order valence-electron chi connectivity index (χ1n) is 6.73. The van der Waals surface area contributed by atoms with Gasteiger partial charge in [-0.25, -0.2) is 4.98 Å². The molecule has 0 aliphatic rings. The van der Waals surface area contributed by atoms with Crippen LogP contribution < -0.4 is 5.32 Å². The Bertz CT molecular complexity index is 558. The number of hydrogen-bond donors (Lipinski definition) is 2. The van der Waals surface area contributed by atoms with Crippen LogP contribution in [0.3, 0.4) is 0 Å². The van der Waals surface area contributed by atoms with Gasteiger partial charge in [0.2, 0.25) is 0 Å². The molecular weight excluding hydrogens is 254 g/mol. The van der Waals surface area contributed by atoms with Crippen LogP contribution in [0, 0.1) is 0 Å². The zero-order chi connectivity index (χ0) is 14.4. The Morgan fingerprint density at radius 3 is 2.80 bits per heavy atom. The maximum atomic E-state index is 10.1. The molecule has 0 spiro atoms. The molecule has 5 heteroatoms. The highest BCUT2D eigenvalue weighted by Crippen LogP contribution is 2.10. The Morgan fingerprint density at radius 1 is 1.30 bits per heavy atom. The maximum Gasteiger partial charge on any atom is 0.0890 e. The van der Waals surface area contributed by atoms with Crippen molar-refractivity contribution in [3.05, 3.63) is 36.2 Å². The zero-order valence-electron chi connectivity index (χ0n) is 12.0. The number of fused-ring (bicyclic) bond motifs is 1. The lowest BCUT2D eigenvalue weighted by atomic mass is 10.0. The first kappa shape index (κ1) is 14.8. The third-order valence-corrected chi connectivity index (χ3v) is 3.16. The molecule has 0 amide bonds. The molecule has 1 aromatic carbocycles. The van der Waals surface area contributed by atoms with E-state index in [4.69, 9.17) is 4.74 Å².